The van der Waals surface area contributed by atoms with Crippen molar-refractivity contribution in [3.63, 3.8) is 0 Å². The lowest BCUT2D eigenvalue weighted by atomic mass is 9.94. The number of nitrogens with zero attached hydrogens (tertiary/aromatic N) is 1. The smallest absolute Gasteiger partial charge is 0.295 e. The molecule has 36 heavy (non-hydrogen) atoms. The Balaban J connectivity index is 1.72. The summed E-state index contributed by atoms with van der Waals surface area (Å²) in [5.41, 5.74) is 2.28. The summed E-state index contributed by atoms with van der Waals surface area (Å²) < 4.78 is 16.9. The number of rotatable bonds is 11. The first-order valence-corrected chi connectivity index (χ1v) is 12.7. The summed E-state index contributed by atoms with van der Waals surface area (Å²) in [6, 6.07) is 12.1. The number of aliphatic hydroxyl groups is 1. The maximum Gasteiger partial charge on any atom is 0.295 e. The number of unbranched alkanes of at least 4 members (excludes halogenated alkanes) is 2. The lowest BCUT2D eigenvalue weighted by molar-refractivity contribution is -0.140. The molecular weight excluding hydrogens is 458 g/mol. The summed E-state index contributed by atoms with van der Waals surface area (Å²) in [4.78, 5) is 27.9. The first kappa shape index (κ1) is 25.8. The molecule has 2 aliphatic rings. The van der Waals surface area contributed by atoms with Crippen LogP contribution in [0, 0.1) is 0 Å². The molecule has 1 amide bonds. The van der Waals surface area contributed by atoms with Gasteiger partial charge < -0.3 is 24.2 Å². The van der Waals surface area contributed by atoms with Crippen LogP contribution in [0.2, 0.25) is 0 Å². The van der Waals surface area contributed by atoms with E-state index in [1.54, 1.807) is 13.2 Å². The molecule has 0 radical (unpaired) electrons. The van der Waals surface area contributed by atoms with Crippen LogP contribution in [0.15, 0.2) is 48.0 Å². The number of Topliss-reactive ketones (excluding diaryl/α,β-unsaturated/α-hetero) is 1. The molecule has 0 bridgehead atoms. The standard InChI is InChI=1S/C29H35NO6/c1-4-5-6-15-35-23-10-7-9-20(18-23)26-25(28(32)29(33)30(26)13-8-14-34-3)27(31)21-11-12-24-22(17-21)16-19(2)36-24/h7,9-12,17-19,26,31H,4-6,8,13-16H2,1-3H3/t19-,26-/m1/s1. The molecule has 192 valence electrons. The SMILES string of the molecule is CCCCCOc1cccc([C@@H]2C(=C(O)c3ccc4c(c3)C[C@@H](C)O4)C(=O)C(=O)N2CCCOC)c1. The molecule has 1 fully saturated rings. The Morgan fingerprint density at radius 3 is 2.72 bits per heavy atom. The second kappa shape index (κ2) is 11.6. The zero-order chi connectivity index (χ0) is 25.7. The first-order valence-electron chi connectivity index (χ1n) is 12.7. The van der Waals surface area contributed by atoms with E-state index in [2.05, 4.69) is 6.92 Å². The van der Waals surface area contributed by atoms with Gasteiger partial charge in [0, 0.05) is 32.2 Å². The van der Waals surface area contributed by atoms with Crippen LogP contribution in [0.4, 0.5) is 0 Å². The zero-order valence-electron chi connectivity index (χ0n) is 21.3. The molecule has 2 aliphatic heterocycles. The Bertz CT molecular complexity index is 1140. The lowest BCUT2D eigenvalue weighted by Crippen LogP contribution is -2.31. The van der Waals surface area contributed by atoms with Crippen LogP contribution in [-0.2, 0) is 20.7 Å². The van der Waals surface area contributed by atoms with Crippen molar-refractivity contribution < 1.29 is 28.9 Å². The molecule has 7 nitrogen and oxygen atoms in total. The zero-order valence-corrected chi connectivity index (χ0v) is 21.3. The quantitative estimate of drug-likeness (QED) is 0.204. The van der Waals surface area contributed by atoms with Crippen molar-refractivity contribution in [1.29, 1.82) is 0 Å². The fourth-order valence-corrected chi connectivity index (χ4v) is 4.88. The van der Waals surface area contributed by atoms with Gasteiger partial charge in [0.15, 0.2) is 0 Å². The van der Waals surface area contributed by atoms with E-state index in [0.29, 0.717) is 37.5 Å². The molecule has 2 aromatic carbocycles. The first-order chi connectivity index (χ1) is 17.4. The highest BCUT2D eigenvalue weighted by Crippen LogP contribution is 2.41. The number of likely N-dealkylation sites (tertiary alicyclic amines) is 1. The highest BCUT2D eigenvalue weighted by atomic mass is 16.5. The summed E-state index contributed by atoms with van der Waals surface area (Å²) in [5.74, 6) is -0.0261. The predicted molar refractivity (Wildman–Crippen MR) is 137 cm³/mol. The summed E-state index contributed by atoms with van der Waals surface area (Å²) in [5, 5.41) is 11.4. The topological polar surface area (TPSA) is 85.3 Å². The van der Waals surface area contributed by atoms with Crippen molar-refractivity contribution in [3.05, 3.63) is 64.7 Å². The Labute approximate surface area is 212 Å². The molecule has 7 heteroatoms. The van der Waals surface area contributed by atoms with E-state index in [-0.39, 0.29) is 17.4 Å². The number of aliphatic hydroxyl groups excluding tert-OH is 1. The molecule has 0 spiro atoms. The highest BCUT2D eigenvalue weighted by Gasteiger charge is 2.46. The van der Waals surface area contributed by atoms with Gasteiger partial charge in [0.2, 0.25) is 0 Å². The third kappa shape index (κ3) is 5.41. The maximum absolute atomic E-state index is 13.3. The van der Waals surface area contributed by atoms with E-state index < -0.39 is 17.7 Å². The minimum Gasteiger partial charge on any atom is -0.507 e. The minimum atomic E-state index is -0.718. The van der Waals surface area contributed by atoms with E-state index in [1.165, 1.54) is 4.90 Å². The van der Waals surface area contributed by atoms with Gasteiger partial charge in [0.25, 0.3) is 11.7 Å². The van der Waals surface area contributed by atoms with E-state index in [4.69, 9.17) is 14.2 Å². The number of hydrogen-bond donors (Lipinski definition) is 1. The Hall–Kier alpha value is -3.32. The number of ketones is 1. The average molecular weight is 494 g/mol. The van der Waals surface area contributed by atoms with Crippen molar-refractivity contribution in [2.45, 2.75) is 58.1 Å². The van der Waals surface area contributed by atoms with Gasteiger partial charge in [-0.3, -0.25) is 9.59 Å². The normalized spacial score (nSPS) is 20.5. The summed E-state index contributed by atoms with van der Waals surface area (Å²) in [6.45, 7) is 5.52. The Morgan fingerprint density at radius 1 is 1.11 bits per heavy atom. The van der Waals surface area contributed by atoms with Gasteiger partial charge in [-0.1, -0.05) is 31.9 Å². The number of ether oxygens (including phenoxy) is 3. The van der Waals surface area contributed by atoms with E-state index in [0.717, 1.165) is 42.6 Å². The van der Waals surface area contributed by atoms with Gasteiger partial charge in [-0.15, -0.1) is 0 Å². The number of fused-ring (bicyclic) bond motifs is 1. The second-order valence-electron chi connectivity index (χ2n) is 9.42. The number of benzene rings is 2. The fourth-order valence-electron chi connectivity index (χ4n) is 4.88. The Morgan fingerprint density at radius 2 is 1.94 bits per heavy atom. The van der Waals surface area contributed by atoms with E-state index in [9.17, 15) is 14.7 Å². The van der Waals surface area contributed by atoms with Crippen LogP contribution in [-0.4, -0.2) is 54.7 Å². The van der Waals surface area contributed by atoms with Gasteiger partial charge in [-0.2, -0.15) is 0 Å². The monoisotopic (exact) mass is 493 g/mol. The van der Waals surface area contributed by atoms with E-state index in [1.807, 2.05) is 43.3 Å². The largest absolute Gasteiger partial charge is 0.507 e. The van der Waals surface area contributed by atoms with Crippen LogP contribution in [0.1, 0.15) is 62.3 Å². The van der Waals surface area contributed by atoms with Crippen molar-refractivity contribution in [2.75, 3.05) is 26.9 Å². The van der Waals surface area contributed by atoms with Gasteiger partial charge >= 0.3 is 0 Å². The summed E-state index contributed by atoms with van der Waals surface area (Å²) in [7, 11) is 1.60. The molecular formula is C29H35NO6. The van der Waals surface area contributed by atoms with Gasteiger partial charge in [-0.25, -0.2) is 0 Å². The third-order valence-electron chi connectivity index (χ3n) is 6.65. The number of hydrogen-bond acceptors (Lipinski definition) is 6. The molecule has 0 unspecified atom stereocenters. The molecule has 4 rings (SSSR count). The maximum atomic E-state index is 13.3. The molecule has 2 aromatic rings. The summed E-state index contributed by atoms with van der Waals surface area (Å²) in [6.07, 6.45) is 4.50. The molecule has 1 saturated heterocycles. The van der Waals surface area contributed by atoms with Crippen molar-refractivity contribution in [1.82, 2.24) is 4.90 Å². The number of carbonyl (C=O) groups excluding carboxylic acids is 2. The average Bonchev–Trinajstić information content (AvgIpc) is 3.37. The van der Waals surface area contributed by atoms with Crippen molar-refractivity contribution >= 4 is 17.4 Å². The molecule has 0 aromatic heterocycles. The fraction of sp³-hybridized carbons (Fsp3) is 0.448. The van der Waals surface area contributed by atoms with Crippen molar-refractivity contribution in [2.24, 2.45) is 0 Å². The van der Waals surface area contributed by atoms with Gasteiger partial charge in [0.1, 0.15) is 23.4 Å². The van der Waals surface area contributed by atoms with Crippen LogP contribution in [0.25, 0.3) is 5.76 Å². The summed E-state index contributed by atoms with van der Waals surface area (Å²) >= 11 is 0. The third-order valence-corrected chi connectivity index (χ3v) is 6.65. The molecule has 1 N–H and O–H groups in total. The van der Waals surface area contributed by atoms with Crippen LogP contribution < -0.4 is 9.47 Å². The van der Waals surface area contributed by atoms with Gasteiger partial charge in [-0.05, 0) is 61.2 Å². The van der Waals surface area contributed by atoms with E-state index >= 15 is 0 Å². The number of methoxy groups -OCH3 is 1. The Kier molecular flexibility index (Phi) is 8.31. The minimum absolute atomic E-state index is 0.0591. The van der Waals surface area contributed by atoms with Crippen LogP contribution in [0.5, 0.6) is 11.5 Å². The van der Waals surface area contributed by atoms with Crippen molar-refractivity contribution in [3.8, 4) is 11.5 Å². The van der Waals surface area contributed by atoms with Crippen LogP contribution >= 0.6 is 0 Å². The second-order valence-corrected chi connectivity index (χ2v) is 9.42. The molecule has 0 saturated carbocycles. The molecule has 0 aliphatic carbocycles. The number of amides is 1. The lowest BCUT2D eigenvalue weighted by Gasteiger charge is -2.25. The molecule has 2 atom stereocenters. The predicted octanol–water partition coefficient (Wildman–Crippen LogP) is 5.04. The molecule has 2 heterocycles. The van der Waals surface area contributed by atoms with Crippen LogP contribution in [0.3, 0.4) is 0 Å². The van der Waals surface area contributed by atoms with Gasteiger partial charge in [0.05, 0.1) is 18.2 Å². The highest BCUT2D eigenvalue weighted by molar-refractivity contribution is 6.46. The number of carbonyl (C=O) groups is 2.